The molecule has 1 aliphatic rings. The number of nitrogens with one attached hydrogen (secondary N) is 1. The Morgan fingerprint density at radius 3 is 3.05 bits per heavy atom. The van der Waals surface area contributed by atoms with E-state index in [9.17, 15) is 0 Å². The van der Waals surface area contributed by atoms with Crippen LogP contribution in [-0.2, 0) is 4.74 Å². The van der Waals surface area contributed by atoms with Crippen LogP contribution in [0.1, 0.15) is 19.8 Å². The van der Waals surface area contributed by atoms with Gasteiger partial charge in [-0.15, -0.1) is 0 Å². The highest BCUT2D eigenvalue weighted by Gasteiger charge is 2.17. The molecule has 112 valence electrons. The molecular formula is C13H23N5O2. The lowest BCUT2D eigenvalue weighted by Crippen LogP contribution is -2.28. The number of nitrogens with two attached hydrogens (primary N) is 1. The van der Waals surface area contributed by atoms with E-state index in [1.165, 1.54) is 6.33 Å². The molecule has 2 rings (SSSR count). The number of likely N-dealkylation sites (N-methyl/N-ethyl adjacent to an activating group) is 1. The smallest absolute Gasteiger partial charge is 0.157 e. The first-order chi connectivity index (χ1) is 9.76. The molecule has 7 nitrogen and oxygen atoms in total. The summed E-state index contributed by atoms with van der Waals surface area (Å²) < 4.78 is 5.56. The van der Waals surface area contributed by atoms with Gasteiger partial charge in [0, 0.05) is 26.2 Å². The second-order valence-electron chi connectivity index (χ2n) is 4.78. The molecule has 7 heteroatoms. The molecular weight excluding hydrogens is 258 g/mol. The summed E-state index contributed by atoms with van der Waals surface area (Å²) in [6, 6.07) is 0. The fourth-order valence-corrected chi connectivity index (χ4v) is 2.33. The highest BCUT2D eigenvalue weighted by Crippen LogP contribution is 2.26. The lowest BCUT2D eigenvalue weighted by atomic mass is 10.2. The van der Waals surface area contributed by atoms with E-state index in [2.05, 4.69) is 15.3 Å². The Morgan fingerprint density at radius 1 is 1.55 bits per heavy atom. The summed E-state index contributed by atoms with van der Waals surface area (Å²) in [5, 5.41) is 12.3. The highest BCUT2D eigenvalue weighted by molar-refractivity contribution is 5.74. The van der Waals surface area contributed by atoms with Crippen LogP contribution in [0.4, 0.5) is 17.3 Å². The van der Waals surface area contributed by atoms with Gasteiger partial charge in [0.1, 0.15) is 12.0 Å². The number of nitrogen functional groups attached to an aromatic ring is 1. The van der Waals surface area contributed by atoms with Gasteiger partial charge in [0.15, 0.2) is 11.6 Å². The summed E-state index contributed by atoms with van der Waals surface area (Å²) in [6.07, 6.45) is 3.89. The Labute approximate surface area is 119 Å². The maximum absolute atomic E-state index is 9.08. The molecule has 1 saturated heterocycles. The molecule has 1 aromatic heterocycles. The second kappa shape index (κ2) is 7.25. The van der Waals surface area contributed by atoms with Gasteiger partial charge in [-0.1, -0.05) is 0 Å². The molecule has 0 bridgehead atoms. The average Bonchev–Trinajstić information content (AvgIpc) is 2.97. The minimum Gasteiger partial charge on any atom is -0.395 e. The van der Waals surface area contributed by atoms with Crippen LogP contribution < -0.4 is 16.0 Å². The number of hydrogen-bond donors (Lipinski definition) is 3. The predicted octanol–water partition coefficient (Wildman–Crippen LogP) is 0.468. The summed E-state index contributed by atoms with van der Waals surface area (Å²) in [4.78, 5) is 10.3. The van der Waals surface area contributed by atoms with Crippen molar-refractivity contribution in [1.29, 1.82) is 0 Å². The van der Waals surface area contributed by atoms with E-state index >= 15 is 0 Å². The van der Waals surface area contributed by atoms with Crippen molar-refractivity contribution in [1.82, 2.24) is 9.97 Å². The summed E-state index contributed by atoms with van der Waals surface area (Å²) in [7, 11) is 0. The third-order valence-corrected chi connectivity index (χ3v) is 3.44. The van der Waals surface area contributed by atoms with Gasteiger partial charge in [-0.3, -0.25) is 0 Å². The van der Waals surface area contributed by atoms with Gasteiger partial charge in [0.2, 0.25) is 0 Å². The highest BCUT2D eigenvalue weighted by atomic mass is 16.5. The molecule has 1 aromatic rings. The summed E-state index contributed by atoms with van der Waals surface area (Å²) in [5.41, 5.74) is 6.64. The predicted molar refractivity (Wildman–Crippen MR) is 78.9 cm³/mol. The van der Waals surface area contributed by atoms with E-state index < -0.39 is 0 Å². The minimum atomic E-state index is 0.0654. The zero-order valence-corrected chi connectivity index (χ0v) is 11.9. The van der Waals surface area contributed by atoms with E-state index in [4.69, 9.17) is 15.6 Å². The van der Waals surface area contributed by atoms with Gasteiger partial charge in [0.05, 0.1) is 12.7 Å². The van der Waals surface area contributed by atoms with Gasteiger partial charge < -0.3 is 25.8 Å². The monoisotopic (exact) mass is 281 g/mol. The molecule has 0 aliphatic carbocycles. The lowest BCUT2D eigenvalue weighted by molar-refractivity contribution is 0.120. The number of ether oxygens (including phenoxy) is 1. The zero-order chi connectivity index (χ0) is 14.4. The Balaban J connectivity index is 2.05. The molecule has 0 amide bonds. The first-order valence-corrected chi connectivity index (χ1v) is 7.08. The Kier molecular flexibility index (Phi) is 5.37. The largest absolute Gasteiger partial charge is 0.395 e. The number of nitrogens with zero attached hydrogens (tertiary/aromatic N) is 3. The summed E-state index contributed by atoms with van der Waals surface area (Å²) in [6.45, 7) is 4.83. The SMILES string of the molecule is CCN(CCO)c1ncnc(NCC2CCCO2)c1N. The number of aromatic nitrogens is 2. The van der Waals surface area contributed by atoms with Crippen LogP contribution in [0.25, 0.3) is 0 Å². The maximum atomic E-state index is 9.08. The molecule has 1 fully saturated rings. The van der Waals surface area contributed by atoms with Crippen molar-refractivity contribution >= 4 is 17.3 Å². The molecule has 0 spiro atoms. The van der Waals surface area contributed by atoms with Crippen molar-refractivity contribution in [2.24, 2.45) is 0 Å². The average molecular weight is 281 g/mol. The van der Waals surface area contributed by atoms with E-state index in [0.717, 1.165) is 26.0 Å². The molecule has 4 N–H and O–H groups in total. The van der Waals surface area contributed by atoms with Crippen LogP contribution in [0.5, 0.6) is 0 Å². The van der Waals surface area contributed by atoms with Crippen LogP contribution in [0, 0.1) is 0 Å². The van der Waals surface area contributed by atoms with E-state index in [0.29, 0.717) is 30.4 Å². The third-order valence-electron chi connectivity index (χ3n) is 3.44. The third kappa shape index (κ3) is 3.49. The van der Waals surface area contributed by atoms with Crippen LogP contribution in [-0.4, -0.2) is 54.0 Å². The number of anilines is 3. The molecule has 0 saturated carbocycles. The number of aliphatic hydroxyl groups excluding tert-OH is 1. The van der Waals surface area contributed by atoms with E-state index in [-0.39, 0.29) is 12.7 Å². The fourth-order valence-electron chi connectivity index (χ4n) is 2.33. The first kappa shape index (κ1) is 14.8. The summed E-state index contributed by atoms with van der Waals surface area (Å²) in [5.74, 6) is 1.29. The van der Waals surface area contributed by atoms with Gasteiger partial charge in [-0.2, -0.15) is 0 Å². The molecule has 1 aliphatic heterocycles. The Hall–Kier alpha value is -1.60. The first-order valence-electron chi connectivity index (χ1n) is 7.08. The maximum Gasteiger partial charge on any atom is 0.157 e. The molecule has 1 unspecified atom stereocenters. The quantitative estimate of drug-likeness (QED) is 0.668. The fraction of sp³-hybridized carbons (Fsp3) is 0.692. The van der Waals surface area contributed by atoms with Gasteiger partial charge in [-0.25, -0.2) is 9.97 Å². The Bertz CT molecular complexity index is 423. The summed E-state index contributed by atoms with van der Waals surface area (Å²) >= 11 is 0. The number of hydrogen-bond acceptors (Lipinski definition) is 7. The second-order valence-corrected chi connectivity index (χ2v) is 4.78. The molecule has 0 aromatic carbocycles. The van der Waals surface area contributed by atoms with Crippen LogP contribution in [0.2, 0.25) is 0 Å². The minimum absolute atomic E-state index is 0.0654. The topological polar surface area (TPSA) is 96.5 Å². The van der Waals surface area contributed by atoms with Crippen LogP contribution >= 0.6 is 0 Å². The van der Waals surface area contributed by atoms with Crippen LogP contribution in [0.15, 0.2) is 6.33 Å². The number of rotatable bonds is 7. The normalized spacial score (nSPS) is 18.2. The van der Waals surface area contributed by atoms with Crippen LogP contribution in [0.3, 0.4) is 0 Å². The van der Waals surface area contributed by atoms with Gasteiger partial charge in [0.25, 0.3) is 0 Å². The van der Waals surface area contributed by atoms with Crippen molar-refractivity contribution < 1.29 is 9.84 Å². The van der Waals surface area contributed by atoms with E-state index in [1.807, 2.05) is 11.8 Å². The van der Waals surface area contributed by atoms with Gasteiger partial charge in [-0.05, 0) is 19.8 Å². The van der Waals surface area contributed by atoms with Crippen molar-refractivity contribution in [3.8, 4) is 0 Å². The number of aliphatic hydroxyl groups is 1. The molecule has 0 radical (unpaired) electrons. The Morgan fingerprint density at radius 2 is 2.40 bits per heavy atom. The zero-order valence-electron chi connectivity index (χ0n) is 11.9. The standard InChI is InChI=1S/C13H23N5O2/c1-2-18(5-6-19)13-11(14)12(16-9-17-13)15-8-10-4-3-7-20-10/h9-10,19H,2-8,14H2,1H3,(H,15,16,17). The molecule has 20 heavy (non-hydrogen) atoms. The van der Waals surface area contributed by atoms with Crippen molar-refractivity contribution in [3.05, 3.63) is 6.33 Å². The van der Waals surface area contributed by atoms with Crippen molar-refractivity contribution in [2.45, 2.75) is 25.9 Å². The van der Waals surface area contributed by atoms with E-state index in [1.54, 1.807) is 0 Å². The van der Waals surface area contributed by atoms with Crippen molar-refractivity contribution in [3.63, 3.8) is 0 Å². The van der Waals surface area contributed by atoms with Crippen molar-refractivity contribution in [2.75, 3.05) is 48.8 Å². The lowest BCUT2D eigenvalue weighted by Gasteiger charge is -2.23. The van der Waals surface area contributed by atoms with Gasteiger partial charge >= 0.3 is 0 Å². The molecule has 2 heterocycles. The molecule has 1 atom stereocenters.